The van der Waals surface area contributed by atoms with Gasteiger partial charge in [-0.25, -0.2) is 4.39 Å². The second-order valence-corrected chi connectivity index (χ2v) is 8.81. The molecule has 3 aromatic rings. The molecule has 0 saturated carbocycles. The number of aliphatic hydroxyl groups excluding tert-OH is 1. The van der Waals surface area contributed by atoms with E-state index in [1.165, 1.54) is 12.1 Å². The highest BCUT2D eigenvalue weighted by atomic mass is 19.1. The number of aryl methyl sites for hydroxylation is 1. The molecule has 4 rings (SSSR count). The summed E-state index contributed by atoms with van der Waals surface area (Å²) < 4.78 is 18.9. The fourth-order valence-electron chi connectivity index (χ4n) is 4.26. The van der Waals surface area contributed by atoms with Gasteiger partial charge in [-0.15, -0.1) is 0 Å². The third kappa shape index (κ3) is 7.04. The third-order valence-electron chi connectivity index (χ3n) is 6.23. The number of phenols is 1. The maximum atomic E-state index is 13.1. The number of rotatable bonds is 10. The molecule has 0 aromatic heterocycles. The van der Waals surface area contributed by atoms with Gasteiger partial charge in [-0.2, -0.15) is 0 Å². The van der Waals surface area contributed by atoms with Crippen molar-refractivity contribution in [2.75, 3.05) is 44.2 Å². The van der Waals surface area contributed by atoms with Crippen molar-refractivity contribution in [3.05, 3.63) is 89.7 Å². The molecule has 1 unspecified atom stereocenters. The summed E-state index contributed by atoms with van der Waals surface area (Å²) in [6.07, 6.45) is 0.129. The number of β-amino-alcohol motifs (C(OH)–C–C–N with tert-alkyl or cyclic N) is 1. The molecule has 1 aliphatic rings. The number of aromatic hydroxyl groups is 1. The number of benzene rings is 3. The van der Waals surface area contributed by atoms with Crippen LogP contribution in [0, 0.1) is 5.82 Å². The van der Waals surface area contributed by atoms with Crippen molar-refractivity contribution in [2.45, 2.75) is 18.9 Å². The number of carbonyl (C=O) groups is 1. The average molecular weight is 479 g/mol. The topological polar surface area (TPSA) is 73.2 Å². The monoisotopic (exact) mass is 478 g/mol. The number of para-hydroxylation sites is 1. The van der Waals surface area contributed by atoms with Gasteiger partial charge in [0.15, 0.2) is 5.78 Å². The molecule has 7 heteroatoms. The van der Waals surface area contributed by atoms with Crippen LogP contribution in [0.4, 0.5) is 10.1 Å². The molecule has 0 aliphatic carbocycles. The lowest BCUT2D eigenvalue weighted by atomic mass is 10.0. The zero-order chi connectivity index (χ0) is 24.6. The highest BCUT2D eigenvalue weighted by molar-refractivity contribution is 5.98. The zero-order valence-electron chi connectivity index (χ0n) is 19.6. The van der Waals surface area contributed by atoms with Crippen LogP contribution >= 0.6 is 0 Å². The highest BCUT2D eigenvalue weighted by Crippen LogP contribution is 2.22. The molecule has 0 radical (unpaired) electrons. The van der Waals surface area contributed by atoms with Crippen LogP contribution in [-0.4, -0.2) is 66.3 Å². The van der Waals surface area contributed by atoms with Crippen molar-refractivity contribution in [1.29, 1.82) is 0 Å². The van der Waals surface area contributed by atoms with Gasteiger partial charge in [0.2, 0.25) is 0 Å². The molecule has 2 N–H and O–H groups in total. The summed E-state index contributed by atoms with van der Waals surface area (Å²) in [5, 5.41) is 20.0. The van der Waals surface area contributed by atoms with Crippen LogP contribution in [0.3, 0.4) is 0 Å². The lowest BCUT2D eigenvalue weighted by molar-refractivity contribution is 0.0655. The highest BCUT2D eigenvalue weighted by Gasteiger charge is 2.20. The number of piperazine rings is 1. The quantitative estimate of drug-likeness (QED) is 0.431. The number of anilines is 1. The Morgan fingerprint density at radius 3 is 2.34 bits per heavy atom. The Hall–Kier alpha value is -3.42. The molecule has 35 heavy (non-hydrogen) atoms. The van der Waals surface area contributed by atoms with E-state index in [0.717, 1.165) is 37.4 Å². The van der Waals surface area contributed by atoms with Gasteiger partial charge in [-0.1, -0.05) is 24.3 Å². The number of nitrogens with zero attached hydrogens (tertiary/aromatic N) is 2. The molecule has 3 aromatic carbocycles. The van der Waals surface area contributed by atoms with Crippen molar-refractivity contribution in [2.24, 2.45) is 0 Å². The van der Waals surface area contributed by atoms with Gasteiger partial charge in [-0.3, -0.25) is 9.69 Å². The Balaban J connectivity index is 1.24. The summed E-state index contributed by atoms with van der Waals surface area (Å²) in [6.45, 7) is 3.89. The van der Waals surface area contributed by atoms with E-state index in [0.29, 0.717) is 30.7 Å². The first kappa shape index (κ1) is 24.7. The Labute approximate surface area is 205 Å². The van der Waals surface area contributed by atoms with Crippen molar-refractivity contribution in [3.63, 3.8) is 0 Å². The fraction of sp³-hybridized carbons (Fsp3) is 0.321. The molecule has 1 saturated heterocycles. The van der Waals surface area contributed by atoms with E-state index in [1.54, 1.807) is 48.5 Å². The maximum Gasteiger partial charge on any atom is 0.166 e. The van der Waals surface area contributed by atoms with Crippen molar-refractivity contribution < 1.29 is 24.1 Å². The van der Waals surface area contributed by atoms with Crippen molar-refractivity contribution in [3.8, 4) is 11.5 Å². The molecule has 0 spiro atoms. The van der Waals surface area contributed by atoms with E-state index in [2.05, 4.69) is 9.80 Å². The standard InChI is InChI=1S/C28H31FN2O4/c29-22-8-5-21(6-9-22)7-14-27(34)26-3-1-2-4-28(26)35-20-25(33)19-30-15-17-31(18-16-30)23-10-12-24(32)13-11-23/h1-6,8-13,25,32-33H,7,14-20H2. The van der Waals surface area contributed by atoms with Gasteiger partial charge in [0, 0.05) is 44.8 Å². The lowest BCUT2D eigenvalue weighted by Gasteiger charge is -2.36. The number of aliphatic hydroxyl groups is 1. The summed E-state index contributed by atoms with van der Waals surface area (Å²) >= 11 is 0. The second-order valence-electron chi connectivity index (χ2n) is 8.81. The van der Waals surface area contributed by atoms with Crippen LogP contribution in [0.1, 0.15) is 22.3 Å². The smallest absolute Gasteiger partial charge is 0.166 e. The molecule has 1 aliphatic heterocycles. The minimum Gasteiger partial charge on any atom is -0.508 e. The van der Waals surface area contributed by atoms with E-state index in [1.807, 2.05) is 12.1 Å². The number of hydrogen-bond acceptors (Lipinski definition) is 6. The number of carbonyl (C=O) groups excluding carboxylic acids is 1. The van der Waals surface area contributed by atoms with Crippen LogP contribution in [0.2, 0.25) is 0 Å². The number of phenolic OH excluding ortho intramolecular Hbond substituents is 1. The van der Waals surface area contributed by atoms with Crippen LogP contribution in [0.25, 0.3) is 0 Å². The maximum absolute atomic E-state index is 13.1. The summed E-state index contributed by atoms with van der Waals surface area (Å²) in [4.78, 5) is 17.2. The SMILES string of the molecule is O=C(CCc1ccc(F)cc1)c1ccccc1OCC(O)CN1CCN(c2ccc(O)cc2)CC1. The van der Waals surface area contributed by atoms with Crippen LogP contribution in [0.5, 0.6) is 11.5 Å². The number of Topliss-reactive ketones (excluding diaryl/α,β-unsaturated/α-hetero) is 1. The van der Waals surface area contributed by atoms with Crippen LogP contribution in [-0.2, 0) is 6.42 Å². The summed E-state index contributed by atoms with van der Waals surface area (Å²) in [5.74, 6) is 0.376. The van der Waals surface area contributed by atoms with E-state index in [-0.39, 0.29) is 24.0 Å². The minimum atomic E-state index is -0.683. The van der Waals surface area contributed by atoms with Gasteiger partial charge in [0.05, 0.1) is 5.56 Å². The average Bonchev–Trinajstić information content (AvgIpc) is 2.88. The van der Waals surface area contributed by atoms with E-state index in [4.69, 9.17) is 4.74 Å². The molecule has 1 atom stereocenters. The largest absolute Gasteiger partial charge is 0.508 e. The summed E-state index contributed by atoms with van der Waals surface area (Å²) in [5.41, 5.74) is 2.47. The Morgan fingerprint density at radius 2 is 1.63 bits per heavy atom. The Kier molecular flexibility index (Phi) is 8.34. The van der Waals surface area contributed by atoms with Gasteiger partial charge in [-0.05, 0) is 60.5 Å². The Morgan fingerprint density at radius 1 is 0.943 bits per heavy atom. The first-order chi connectivity index (χ1) is 17.0. The van der Waals surface area contributed by atoms with Gasteiger partial charge in [0.25, 0.3) is 0 Å². The summed E-state index contributed by atoms with van der Waals surface area (Å²) in [6, 6.07) is 20.4. The van der Waals surface area contributed by atoms with Gasteiger partial charge < -0.3 is 19.8 Å². The zero-order valence-corrected chi connectivity index (χ0v) is 19.6. The Bertz CT molecular complexity index is 1100. The van der Waals surface area contributed by atoms with E-state index >= 15 is 0 Å². The predicted molar refractivity (Wildman–Crippen MR) is 134 cm³/mol. The number of hydrogen-bond donors (Lipinski definition) is 2. The number of ether oxygens (including phenoxy) is 1. The van der Waals surface area contributed by atoms with E-state index in [9.17, 15) is 19.4 Å². The molecule has 184 valence electrons. The molecular weight excluding hydrogens is 447 g/mol. The first-order valence-corrected chi connectivity index (χ1v) is 11.9. The lowest BCUT2D eigenvalue weighted by Crippen LogP contribution is -2.49. The minimum absolute atomic E-state index is 0.0511. The second kappa shape index (κ2) is 11.8. The van der Waals surface area contributed by atoms with Gasteiger partial charge >= 0.3 is 0 Å². The van der Waals surface area contributed by atoms with Crippen LogP contribution < -0.4 is 9.64 Å². The number of halogens is 1. The normalized spacial score (nSPS) is 15.1. The fourth-order valence-corrected chi connectivity index (χ4v) is 4.26. The molecule has 1 heterocycles. The van der Waals surface area contributed by atoms with E-state index < -0.39 is 6.10 Å². The summed E-state index contributed by atoms with van der Waals surface area (Å²) in [7, 11) is 0. The predicted octanol–water partition coefficient (Wildman–Crippen LogP) is 3.91. The molecular formula is C28H31FN2O4. The molecule has 0 bridgehead atoms. The van der Waals surface area contributed by atoms with Gasteiger partial charge in [0.1, 0.15) is 30.0 Å². The molecule has 1 fully saturated rings. The van der Waals surface area contributed by atoms with Crippen LogP contribution in [0.15, 0.2) is 72.8 Å². The third-order valence-corrected chi connectivity index (χ3v) is 6.23. The van der Waals surface area contributed by atoms with Crippen molar-refractivity contribution in [1.82, 2.24) is 4.90 Å². The molecule has 6 nitrogen and oxygen atoms in total. The molecule has 0 amide bonds. The first-order valence-electron chi connectivity index (χ1n) is 11.9. The number of ketones is 1. The van der Waals surface area contributed by atoms with Crippen molar-refractivity contribution >= 4 is 11.5 Å².